The molecular formula is C6H6ClN3O6S2. The van der Waals surface area contributed by atoms with Gasteiger partial charge in [0, 0.05) is 12.1 Å². The van der Waals surface area contributed by atoms with E-state index in [2.05, 4.69) is 0 Å². The highest BCUT2D eigenvalue weighted by Crippen LogP contribution is 2.31. The zero-order valence-corrected chi connectivity index (χ0v) is 10.8. The van der Waals surface area contributed by atoms with Gasteiger partial charge in [0.15, 0.2) is 0 Å². The van der Waals surface area contributed by atoms with Gasteiger partial charge in [0.2, 0.25) is 20.0 Å². The first-order valence-corrected chi connectivity index (χ1v) is 7.45. The molecule has 0 atom stereocenters. The number of nitro groups is 1. The van der Waals surface area contributed by atoms with Crippen molar-refractivity contribution in [2.24, 2.45) is 10.3 Å². The zero-order chi connectivity index (χ0) is 14.3. The summed E-state index contributed by atoms with van der Waals surface area (Å²) in [7, 11) is -8.86. The quantitative estimate of drug-likeness (QED) is 0.566. The van der Waals surface area contributed by atoms with E-state index in [1.54, 1.807) is 0 Å². The molecule has 0 radical (unpaired) electrons. The molecule has 0 heterocycles. The molecule has 18 heavy (non-hydrogen) atoms. The van der Waals surface area contributed by atoms with Gasteiger partial charge in [-0.15, -0.1) is 0 Å². The summed E-state index contributed by atoms with van der Waals surface area (Å²) in [5.41, 5.74) is -0.813. The maximum atomic E-state index is 11.1. The highest BCUT2D eigenvalue weighted by Gasteiger charge is 2.26. The Bertz CT molecular complexity index is 673. The largest absolute Gasteiger partial charge is 0.272 e. The van der Waals surface area contributed by atoms with E-state index in [-0.39, 0.29) is 0 Å². The first kappa shape index (κ1) is 14.8. The standard InChI is InChI=1S/C6H6ClN3O6S2/c7-6-4(17(8,13)14)1-3(10(11)12)2-5(6)18(9,15)16/h1-2H,(H2,8,13,14)(H2,9,15,16). The molecule has 0 saturated heterocycles. The minimum absolute atomic E-state index is 0.548. The molecule has 0 aliphatic heterocycles. The van der Waals surface area contributed by atoms with Gasteiger partial charge in [-0.05, 0) is 0 Å². The monoisotopic (exact) mass is 315 g/mol. The van der Waals surface area contributed by atoms with Gasteiger partial charge >= 0.3 is 0 Å². The van der Waals surface area contributed by atoms with Gasteiger partial charge < -0.3 is 0 Å². The van der Waals surface area contributed by atoms with Gasteiger partial charge in [0.05, 0.1) is 9.95 Å². The lowest BCUT2D eigenvalue weighted by Gasteiger charge is -2.06. The lowest BCUT2D eigenvalue weighted by Crippen LogP contribution is -2.17. The Morgan fingerprint density at radius 3 is 1.61 bits per heavy atom. The summed E-state index contributed by atoms with van der Waals surface area (Å²) in [6, 6.07) is 1.10. The molecule has 4 N–H and O–H groups in total. The number of nitro benzene ring substituents is 1. The fraction of sp³-hybridized carbons (Fsp3) is 0. The molecule has 0 aromatic heterocycles. The average molecular weight is 316 g/mol. The molecule has 1 aromatic carbocycles. The van der Waals surface area contributed by atoms with Crippen molar-refractivity contribution in [1.82, 2.24) is 0 Å². The molecule has 1 rings (SSSR count). The van der Waals surface area contributed by atoms with Crippen LogP contribution in [0.2, 0.25) is 5.02 Å². The Kier molecular flexibility index (Phi) is 3.65. The molecule has 0 fully saturated rings. The molecular weight excluding hydrogens is 310 g/mol. The van der Waals surface area contributed by atoms with Crippen LogP contribution in [0.1, 0.15) is 0 Å². The lowest BCUT2D eigenvalue weighted by molar-refractivity contribution is -0.385. The minimum Gasteiger partial charge on any atom is -0.258 e. The van der Waals surface area contributed by atoms with Crippen LogP contribution >= 0.6 is 11.6 Å². The molecule has 0 aliphatic carbocycles. The Morgan fingerprint density at radius 1 is 1.06 bits per heavy atom. The second-order valence-electron chi connectivity index (χ2n) is 3.10. The van der Waals surface area contributed by atoms with Crippen LogP contribution in [0.4, 0.5) is 5.69 Å². The van der Waals surface area contributed by atoms with Crippen molar-refractivity contribution in [2.75, 3.05) is 0 Å². The van der Waals surface area contributed by atoms with Crippen molar-refractivity contribution < 1.29 is 21.8 Å². The number of hydrogen-bond acceptors (Lipinski definition) is 6. The Labute approximate surface area is 107 Å². The van der Waals surface area contributed by atoms with Crippen LogP contribution < -0.4 is 10.3 Å². The van der Waals surface area contributed by atoms with Gasteiger partial charge in [-0.25, -0.2) is 27.1 Å². The maximum Gasteiger partial charge on any atom is 0.272 e. The molecule has 0 aliphatic rings. The number of nitrogens with zero attached hydrogens (tertiary/aromatic N) is 1. The molecule has 0 spiro atoms. The molecule has 0 amide bonds. The number of nitrogens with two attached hydrogens (primary N) is 2. The highest BCUT2D eigenvalue weighted by molar-refractivity contribution is 7.90. The average Bonchev–Trinajstić information content (AvgIpc) is 2.13. The van der Waals surface area contributed by atoms with Crippen LogP contribution in [0.25, 0.3) is 0 Å². The first-order valence-electron chi connectivity index (χ1n) is 3.98. The summed E-state index contributed by atoms with van der Waals surface area (Å²) < 4.78 is 44.6. The summed E-state index contributed by atoms with van der Waals surface area (Å²) in [5, 5.41) is 19.3. The first-order chi connectivity index (χ1) is 7.94. The van der Waals surface area contributed by atoms with E-state index in [9.17, 15) is 26.9 Å². The van der Waals surface area contributed by atoms with E-state index in [4.69, 9.17) is 21.9 Å². The third-order valence-electron chi connectivity index (χ3n) is 1.81. The minimum atomic E-state index is -4.43. The highest BCUT2D eigenvalue weighted by atomic mass is 35.5. The van der Waals surface area contributed by atoms with E-state index >= 15 is 0 Å². The summed E-state index contributed by atoms with van der Waals surface area (Å²) in [4.78, 5) is 7.79. The predicted octanol–water partition coefficient (Wildman–Crippen LogP) is -0.457. The number of halogens is 1. The second kappa shape index (κ2) is 4.44. The van der Waals surface area contributed by atoms with Crippen molar-refractivity contribution in [3.63, 3.8) is 0 Å². The number of benzene rings is 1. The van der Waals surface area contributed by atoms with Gasteiger partial charge in [-0.3, -0.25) is 10.1 Å². The van der Waals surface area contributed by atoms with Crippen LogP contribution in [0, 0.1) is 10.1 Å². The van der Waals surface area contributed by atoms with Crippen LogP contribution in [-0.2, 0) is 20.0 Å². The molecule has 1 aromatic rings. The molecule has 0 unspecified atom stereocenters. The SMILES string of the molecule is NS(=O)(=O)c1cc([N+](=O)[O-])cc(S(N)(=O)=O)c1Cl. The summed E-state index contributed by atoms with van der Waals surface area (Å²) in [6.45, 7) is 0. The zero-order valence-electron chi connectivity index (χ0n) is 8.40. The number of rotatable bonds is 3. The Morgan fingerprint density at radius 2 is 1.39 bits per heavy atom. The molecule has 0 bridgehead atoms. The van der Waals surface area contributed by atoms with E-state index in [1.165, 1.54) is 0 Å². The smallest absolute Gasteiger partial charge is 0.258 e. The van der Waals surface area contributed by atoms with Crippen molar-refractivity contribution in [3.05, 3.63) is 27.3 Å². The van der Waals surface area contributed by atoms with Crippen LogP contribution in [-0.4, -0.2) is 21.8 Å². The third-order valence-corrected chi connectivity index (χ3v) is 4.32. The van der Waals surface area contributed by atoms with Crippen LogP contribution in [0.3, 0.4) is 0 Å². The number of non-ortho nitro benzene ring substituents is 1. The number of sulfonamides is 2. The van der Waals surface area contributed by atoms with Gasteiger partial charge in [0.1, 0.15) is 9.79 Å². The summed E-state index contributed by atoms with van der Waals surface area (Å²) in [6.07, 6.45) is 0. The summed E-state index contributed by atoms with van der Waals surface area (Å²) in [5.74, 6) is 0. The Balaban J connectivity index is 3.87. The molecule has 12 heteroatoms. The number of hydrogen-bond donors (Lipinski definition) is 2. The van der Waals surface area contributed by atoms with E-state index < -0.39 is 45.5 Å². The normalized spacial score (nSPS) is 12.4. The topological polar surface area (TPSA) is 163 Å². The molecule has 9 nitrogen and oxygen atoms in total. The molecule has 0 saturated carbocycles. The van der Waals surface area contributed by atoms with Crippen LogP contribution in [0.15, 0.2) is 21.9 Å². The van der Waals surface area contributed by atoms with Crippen molar-refractivity contribution in [3.8, 4) is 0 Å². The lowest BCUT2D eigenvalue weighted by atomic mass is 10.3. The van der Waals surface area contributed by atoms with Crippen molar-refractivity contribution in [2.45, 2.75) is 9.79 Å². The van der Waals surface area contributed by atoms with Crippen LogP contribution in [0.5, 0.6) is 0 Å². The Hall–Kier alpha value is -1.27. The van der Waals surface area contributed by atoms with Crippen molar-refractivity contribution >= 4 is 37.3 Å². The van der Waals surface area contributed by atoms with E-state index in [1.807, 2.05) is 0 Å². The molecule has 100 valence electrons. The van der Waals surface area contributed by atoms with E-state index in [0.29, 0.717) is 12.1 Å². The summed E-state index contributed by atoms with van der Waals surface area (Å²) >= 11 is 5.51. The maximum absolute atomic E-state index is 11.1. The van der Waals surface area contributed by atoms with Crippen molar-refractivity contribution in [1.29, 1.82) is 0 Å². The van der Waals surface area contributed by atoms with Gasteiger partial charge in [-0.1, -0.05) is 11.6 Å². The fourth-order valence-electron chi connectivity index (χ4n) is 1.08. The predicted molar refractivity (Wildman–Crippen MR) is 60.9 cm³/mol. The van der Waals surface area contributed by atoms with Gasteiger partial charge in [-0.2, -0.15) is 0 Å². The van der Waals surface area contributed by atoms with Gasteiger partial charge in [0.25, 0.3) is 5.69 Å². The second-order valence-corrected chi connectivity index (χ2v) is 6.54. The van der Waals surface area contributed by atoms with E-state index in [0.717, 1.165) is 0 Å². The number of primary sulfonamides is 2. The fourth-order valence-corrected chi connectivity index (χ4v) is 3.19. The third kappa shape index (κ3) is 2.94.